The predicted octanol–water partition coefficient (Wildman–Crippen LogP) is 1.22. The van der Waals surface area contributed by atoms with Gasteiger partial charge in [-0.1, -0.05) is 18.2 Å². The van der Waals surface area contributed by atoms with E-state index in [-0.39, 0.29) is 35.8 Å². The topological polar surface area (TPSA) is 92.3 Å². The van der Waals surface area contributed by atoms with E-state index in [1.807, 2.05) is 0 Å². The fourth-order valence-corrected chi connectivity index (χ4v) is 4.43. The zero-order valence-electron chi connectivity index (χ0n) is 13.1. The maximum atomic E-state index is 12.6. The van der Waals surface area contributed by atoms with Crippen LogP contribution < -0.4 is 10.9 Å². The minimum absolute atomic E-state index is 0.0386. The summed E-state index contributed by atoms with van der Waals surface area (Å²) in [6.45, 7) is 0. The van der Waals surface area contributed by atoms with E-state index in [2.05, 4.69) is 10.9 Å². The molecule has 25 heavy (non-hydrogen) atoms. The van der Waals surface area contributed by atoms with Gasteiger partial charge < -0.3 is 0 Å². The molecule has 2 amide bonds. The Bertz CT molecular complexity index is 762. The first kappa shape index (κ1) is 19.2. The quantitative estimate of drug-likeness (QED) is 0.771. The number of hydrogen-bond donors (Lipinski definition) is 2. The van der Waals surface area contributed by atoms with Crippen LogP contribution in [0.5, 0.6) is 0 Å². The van der Waals surface area contributed by atoms with Crippen LogP contribution in [0.25, 0.3) is 0 Å². The molecule has 2 N–H and O–H groups in total. The minimum Gasteiger partial charge on any atom is -0.273 e. The maximum Gasteiger partial charge on any atom is 0.416 e. The first-order valence-corrected chi connectivity index (χ1v) is 9.31. The summed E-state index contributed by atoms with van der Waals surface area (Å²) in [4.78, 5) is 23.4. The maximum absolute atomic E-state index is 12.6. The van der Waals surface area contributed by atoms with Crippen LogP contribution in [-0.2, 0) is 32.0 Å². The molecule has 1 heterocycles. The second-order valence-electron chi connectivity index (χ2n) is 5.94. The van der Waals surface area contributed by atoms with Crippen molar-refractivity contribution >= 4 is 21.7 Å². The SMILES string of the molecule is O=C(Cc1cccc(C(F)(F)F)c1)NNC(=O)C[C@@H]1CCS(=O)(=O)C1. The molecule has 1 aromatic carbocycles. The lowest BCUT2D eigenvalue weighted by atomic mass is 10.1. The van der Waals surface area contributed by atoms with Crippen molar-refractivity contribution in [3.8, 4) is 0 Å². The molecule has 0 bridgehead atoms. The van der Waals surface area contributed by atoms with Gasteiger partial charge in [0.2, 0.25) is 11.8 Å². The van der Waals surface area contributed by atoms with E-state index in [4.69, 9.17) is 0 Å². The summed E-state index contributed by atoms with van der Waals surface area (Å²) in [6.07, 6.45) is -4.47. The standard InChI is InChI=1S/C15H17F3N2O4S/c16-15(17,18)12-3-1-2-10(6-12)7-13(21)19-20-14(22)8-11-4-5-25(23,24)9-11/h1-3,6,11H,4-5,7-9H2,(H,19,21)(H,20,22)/t11-/m0/s1. The molecular formula is C15H17F3N2O4S. The van der Waals surface area contributed by atoms with Crippen LogP contribution in [-0.4, -0.2) is 31.7 Å². The summed E-state index contributed by atoms with van der Waals surface area (Å²) < 4.78 is 60.4. The van der Waals surface area contributed by atoms with Crippen LogP contribution in [0.2, 0.25) is 0 Å². The van der Waals surface area contributed by atoms with Gasteiger partial charge in [-0.15, -0.1) is 0 Å². The van der Waals surface area contributed by atoms with Crippen LogP contribution in [0.15, 0.2) is 24.3 Å². The normalized spacial score (nSPS) is 19.4. The minimum atomic E-state index is -4.50. The van der Waals surface area contributed by atoms with Crippen molar-refractivity contribution in [1.29, 1.82) is 0 Å². The van der Waals surface area contributed by atoms with Crippen LogP contribution in [0.3, 0.4) is 0 Å². The lowest BCUT2D eigenvalue weighted by molar-refractivity contribution is -0.137. The Hall–Kier alpha value is -2.10. The Morgan fingerprint density at radius 2 is 1.84 bits per heavy atom. The van der Waals surface area contributed by atoms with E-state index < -0.39 is 33.4 Å². The molecule has 1 atom stereocenters. The Balaban J connectivity index is 1.80. The van der Waals surface area contributed by atoms with E-state index >= 15 is 0 Å². The van der Waals surface area contributed by atoms with Gasteiger partial charge in [0.15, 0.2) is 9.84 Å². The number of carbonyl (C=O) groups is 2. The average molecular weight is 378 g/mol. The zero-order chi connectivity index (χ0) is 18.7. The summed E-state index contributed by atoms with van der Waals surface area (Å²) in [5, 5.41) is 0. The largest absolute Gasteiger partial charge is 0.416 e. The molecular weight excluding hydrogens is 361 g/mol. The van der Waals surface area contributed by atoms with Gasteiger partial charge in [0.05, 0.1) is 23.5 Å². The molecule has 6 nitrogen and oxygen atoms in total. The van der Waals surface area contributed by atoms with Crippen molar-refractivity contribution in [1.82, 2.24) is 10.9 Å². The third-order valence-electron chi connectivity index (χ3n) is 3.76. The molecule has 1 fully saturated rings. The van der Waals surface area contributed by atoms with Crippen LogP contribution in [0, 0.1) is 5.92 Å². The summed E-state index contributed by atoms with van der Waals surface area (Å²) >= 11 is 0. The van der Waals surface area contributed by atoms with E-state index in [1.54, 1.807) is 0 Å². The second-order valence-corrected chi connectivity index (χ2v) is 8.17. The zero-order valence-corrected chi connectivity index (χ0v) is 13.9. The fourth-order valence-electron chi connectivity index (χ4n) is 2.57. The van der Waals surface area contributed by atoms with Crippen molar-refractivity contribution in [2.75, 3.05) is 11.5 Å². The summed E-state index contributed by atoms with van der Waals surface area (Å²) in [5.74, 6) is -1.51. The van der Waals surface area contributed by atoms with E-state index in [0.717, 1.165) is 12.1 Å². The number of hydrogen-bond acceptors (Lipinski definition) is 4. The lowest BCUT2D eigenvalue weighted by Crippen LogP contribution is -2.43. The Kier molecular flexibility index (Phi) is 5.71. The molecule has 0 spiro atoms. The van der Waals surface area contributed by atoms with Crippen molar-refractivity contribution in [3.63, 3.8) is 0 Å². The highest BCUT2D eigenvalue weighted by Crippen LogP contribution is 2.29. The van der Waals surface area contributed by atoms with Gasteiger partial charge in [0.1, 0.15) is 0 Å². The molecule has 1 aromatic rings. The number of halogens is 3. The number of amides is 2. The summed E-state index contributed by atoms with van der Waals surface area (Å²) in [5.41, 5.74) is 3.56. The molecule has 1 aliphatic rings. The molecule has 0 unspecified atom stereocenters. The Morgan fingerprint density at radius 1 is 1.16 bits per heavy atom. The Morgan fingerprint density at radius 3 is 2.44 bits per heavy atom. The van der Waals surface area contributed by atoms with Crippen LogP contribution >= 0.6 is 0 Å². The number of alkyl halides is 3. The van der Waals surface area contributed by atoms with E-state index in [9.17, 15) is 31.2 Å². The number of rotatable bonds is 4. The molecule has 0 aliphatic carbocycles. The number of benzene rings is 1. The molecule has 2 rings (SSSR count). The highest BCUT2D eigenvalue weighted by Gasteiger charge is 2.31. The van der Waals surface area contributed by atoms with Gasteiger partial charge in [-0.3, -0.25) is 20.4 Å². The van der Waals surface area contributed by atoms with Crippen molar-refractivity contribution in [2.24, 2.45) is 5.92 Å². The predicted molar refractivity (Wildman–Crippen MR) is 82.8 cm³/mol. The smallest absolute Gasteiger partial charge is 0.273 e. The van der Waals surface area contributed by atoms with Gasteiger partial charge >= 0.3 is 6.18 Å². The van der Waals surface area contributed by atoms with Gasteiger partial charge in [0.25, 0.3) is 0 Å². The highest BCUT2D eigenvalue weighted by molar-refractivity contribution is 7.91. The van der Waals surface area contributed by atoms with Gasteiger partial charge in [-0.25, -0.2) is 8.42 Å². The van der Waals surface area contributed by atoms with Crippen molar-refractivity contribution in [2.45, 2.75) is 25.4 Å². The monoisotopic (exact) mass is 378 g/mol. The Labute approximate surface area is 142 Å². The highest BCUT2D eigenvalue weighted by atomic mass is 32.2. The third-order valence-corrected chi connectivity index (χ3v) is 5.60. The summed E-state index contributed by atoms with van der Waals surface area (Å²) in [6, 6.07) is 4.34. The average Bonchev–Trinajstić information content (AvgIpc) is 2.83. The van der Waals surface area contributed by atoms with Crippen molar-refractivity contribution in [3.05, 3.63) is 35.4 Å². The van der Waals surface area contributed by atoms with Crippen molar-refractivity contribution < 1.29 is 31.2 Å². The van der Waals surface area contributed by atoms with Gasteiger partial charge in [-0.05, 0) is 24.0 Å². The molecule has 0 radical (unpaired) electrons. The molecule has 1 aliphatic heterocycles. The molecule has 1 saturated heterocycles. The molecule has 0 aromatic heterocycles. The van der Waals surface area contributed by atoms with E-state index in [0.29, 0.717) is 6.42 Å². The number of carbonyl (C=O) groups excluding carboxylic acids is 2. The summed E-state index contributed by atoms with van der Waals surface area (Å²) in [7, 11) is -3.09. The molecule has 138 valence electrons. The third kappa shape index (κ3) is 6.04. The number of nitrogens with one attached hydrogen (secondary N) is 2. The van der Waals surface area contributed by atoms with Gasteiger partial charge in [0, 0.05) is 6.42 Å². The second kappa shape index (κ2) is 7.42. The fraction of sp³-hybridized carbons (Fsp3) is 0.467. The number of sulfone groups is 1. The van der Waals surface area contributed by atoms with Gasteiger partial charge in [-0.2, -0.15) is 13.2 Å². The lowest BCUT2D eigenvalue weighted by Gasteiger charge is -2.11. The van der Waals surface area contributed by atoms with Crippen LogP contribution in [0.1, 0.15) is 24.0 Å². The molecule has 10 heteroatoms. The van der Waals surface area contributed by atoms with E-state index in [1.165, 1.54) is 12.1 Å². The first-order chi connectivity index (χ1) is 11.5. The van der Waals surface area contributed by atoms with Crippen LogP contribution in [0.4, 0.5) is 13.2 Å². The first-order valence-electron chi connectivity index (χ1n) is 7.49. The molecule has 0 saturated carbocycles. The number of hydrazine groups is 1.